The van der Waals surface area contributed by atoms with Crippen molar-refractivity contribution < 1.29 is 102 Å². The summed E-state index contributed by atoms with van der Waals surface area (Å²) in [6, 6.07) is 13.1. The van der Waals surface area contributed by atoms with E-state index in [0.717, 1.165) is 25.2 Å². The Morgan fingerprint density at radius 2 is 1.15 bits per heavy atom. The number of hydrogen-bond acceptors (Lipinski definition) is 21. The van der Waals surface area contributed by atoms with Crippen molar-refractivity contribution in [3.05, 3.63) is 89.5 Å². The van der Waals surface area contributed by atoms with Crippen LogP contribution in [0.4, 0.5) is 0 Å². The number of methoxy groups -OCH3 is 3. The normalized spacial score (nSPS) is 25.4. The molecule has 3 aromatic rings. The first-order valence-corrected chi connectivity index (χ1v) is 19.6. The summed E-state index contributed by atoms with van der Waals surface area (Å²) >= 11 is 0. The minimum absolute atomic E-state index is 0.126. The molecule has 9 unspecified atom stereocenters. The second kappa shape index (κ2) is 22.5. The lowest BCUT2D eigenvalue weighted by Gasteiger charge is -2.44. The molecule has 2 heterocycles. The van der Waals surface area contributed by atoms with E-state index in [9.17, 15) is 54.9 Å². The lowest BCUT2D eigenvalue weighted by Crippen LogP contribution is -2.63. The lowest BCUT2D eigenvalue weighted by atomic mass is 9.98. The van der Waals surface area contributed by atoms with Crippen molar-refractivity contribution in [3.63, 3.8) is 0 Å². The predicted octanol–water partition coefficient (Wildman–Crippen LogP) is 0.409. The smallest absolute Gasteiger partial charge is 0.336 e. The van der Waals surface area contributed by atoms with Crippen molar-refractivity contribution in [2.45, 2.75) is 61.7 Å². The van der Waals surface area contributed by atoms with Crippen molar-refractivity contribution in [3.8, 4) is 34.5 Å². The lowest BCUT2D eigenvalue weighted by molar-refractivity contribution is -0.383. The zero-order valence-electron chi connectivity index (χ0n) is 35.2. The number of phenols is 1. The van der Waals surface area contributed by atoms with E-state index in [-0.39, 0.29) is 28.6 Å². The summed E-state index contributed by atoms with van der Waals surface area (Å²) in [6.07, 6.45) is -7.15. The van der Waals surface area contributed by atoms with Gasteiger partial charge in [0.1, 0.15) is 37.1 Å². The Kier molecular flexibility index (Phi) is 17.2. The third-order valence-corrected chi connectivity index (χ3v) is 9.79. The maximum Gasteiger partial charge on any atom is 0.336 e. The maximum atomic E-state index is 13.3. The maximum absolute atomic E-state index is 13.3. The van der Waals surface area contributed by atoms with Gasteiger partial charge in [-0.2, -0.15) is 0 Å². The molecule has 2 saturated heterocycles. The molecule has 0 bridgehead atoms. The second-order valence-electron chi connectivity index (χ2n) is 14.1. The number of esters is 4. The van der Waals surface area contributed by atoms with Crippen LogP contribution in [-0.4, -0.2) is 156 Å². The van der Waals surface area contributed by atoms with Crippen LogP contribution in [0.5, 0.6) is 34.5 Å². The summed E-state index contributed by atoms with van der Waals surface area (Å²) in [6.45, 7) is -1.92. The monoisotopic (exact) mass is 912 g/mol. The molecule has 0 amide bonds. The minimum atomic E-state index is -2.55. The number of carbonyl (C=O) groups is 4. The molecule has 2 aliphatic rings. The molecule has 0 saturated carbocycles. The highest BCUT2D eigenvalue weighted by Gasteiger charge is 2.61. The summed E-state index contributed by atoms with van der Waals surface area (Å²) < 4.78 is 53.9. The Hall–Kier alpha value is -6.40. The first-order valence-electron chi connectivity index (χ1n) is 19.6. The predicted molar refractivity (Wildman–Crippen MR) is 221 cm³/mol. The molecule has 9 atom stereocenters. The molecule has 0 radical (unpaired) electrons. The van der Waals surface area contributed by atoms with Gasteiger partial charge in [-0.1, -0.05) is 18.2 Å². The van der Waals surface area contributed by atoms with Gasteiger partial charge in [0.15, 0.2) is 53.0 Å². The van der Waals surface area contributed by atoms with Gasteiger partial charge in [-0.15, -0.1) is 0 Å². The van der Waals surface area contributed by atoms with Crippen LogP contribution in [0.3, 0.4) is 0 Å². The number of carbonyl (C=O) groups excluding carboxylic acids is 4. The summed E-state index contributed by atoms with van der Waals surface area (Å²) in [5.41, 5.74) is 1.19. The number of rotatable bonds is 18. The van der Waals surface area contributed by atoms with Crippen LogP contribution in [0.2, 0.25) is 0 Å². The van der Waals surface area contributed by atoms with E-state index >= 15 is 0 Å². The molecule has 3 aromatic carbocycles. The average Bonchev–Trinajstić information content (AvgIpc) is 3.56. The Labute approximate surface area is 370 Å². The third kappa shape index (κ3) is 12.2. The SMILES string of the molecule is COc1cc(C=CC(=O)Oc2cc(C=CC(=O)OC3C(O)C(CO)OC3(CO)OC3OC(CO)C(O)C(OC(C)=O)C3O)ccc2OC(=O)C=Cc2ccc(OC)c(OC)c2)ccc1O. The fourth-order valence-corrected chi connectivity index (χ4v) is 6.58. The van der Waals surface area contributed by atoms with Crippen LogP contribution in [0, 0.1) is 0 Å². The Morgan fingerprint density at radius 1 is 0.631 bits per heavy atom. The summed E-state index contributed by atoms with van der Waals surface area (Å²) in [5, 5.41) is 72.6. The Morgan fingerprint density at radius 3 is 1.71 bits per heavy atom. The van der Waals surface area contributed by atoms with Crippen molar-refractivity contribution in [2.75, 3.05) is 41.2 Å². The van der Waals surface area contributed by atoms with Gasteiger partial charge in [-0.05, 0) is 71.3 Å². The van der Waals surface area contributed by atoms with Crippen LogP contribution in [0.25, 0.3) is 18.2 Å². The van der Waals surface area contributed by atoms with Crippen molar-refractivity contribution in [1.29, 1.82) is 0 Å². The quantitative estimate of drug-likeness (QED) is 0.0516. The largest absolute Gasteiger partial charge is 0.504 e. The second-order valence-corrected chi connectivity index (χ2v) is 14.1. The van der Waals surface area contributed by atoms with Gasteiger partial charge < -0.3 is 83.1 Å². The van der Waals surface area contributed by atoms with Gasteiger partial charge in [0.25, 0.3) is 0 Å². The molecule has 0 aromatic heterocycles. The molecule has 21 nitrogen and oxygen atoms in total. The van der Waals surface area contributed by atoms with Gasteiger partial charge in [-0.25, -0.2) is 14.4 Å². The summed E-state index contributed by atoms with van der Waals surface area (Å²) in [4.78, 5) is 51.1. The Balaban J connectivity index is 1.38. The standard InChI is InChI=1S/C44H48O21/c1-23(48)59-41-38(53)33(20-45)62-43(40(41)55)65-44(22-47)42(39(54)34(21-46)64-44)63-37(52)16-10-26-7-13-29(60-35(50)14-9-25-6-12-28(56-2)31(18-25)58-4)32(19-26)61-36(51)15-8-24-5-11-27(49)30(17-24)57-3/h5-19,33-34,38-43,45-47,49,53-55H,20-22H2,1-4H3. The number of ether oxygens (including phenoxy) is 10. The minimum Gasteiger partial charge on any atom is -0.504 e. The average molecular weight is 913 g/mol. The topological polar surface area (TPSA) is 302 Å². The fraction of sp³-hybridized carbons (Fsp3) is 0.364. The number of aliphatic hydroxyl groups excluding tert-OH is 6. The molecular formula is C44H48O21. The number of aliphatic hydroxyl groups is 6. The first kappa shape index (κ1) is 49.6. The molecule has 0 spiro atoms. The van der Waals surface area contributed by atoms with Crippen LogP contribution < -0.4 is 23.7 Å². The van der Waals surface area contributed by atoms with E-state index < -0.39 is 98.5 Å². The number of hydrogen-bond donors (Lipinski definition) is 7. The summed E-state index contributed by atoms with van der Waals surface area (Å²) in [5.74, 6) is -6.07. The molecule has 2 aliphatic heterocycles. The van der Waals surface area contributed by atoms with Crippen molar-refractivity contribution in [2.24, 2.45) is 0 Å². The van der Waals surface area contributed by atoms with Crippen molar-refractivity contribution >= 4 is 42.1 Å². The molecule has 65 heavy (non-hydrogen) atoms. The van der Waals surface area contributed by atoms with Gasteiger partial charge in [-0.3, -0.25) is 4.79 Å². The molecule has 5 rings (SSSR count). The van der Waals surface area contributed by atoms with Crippen LogP contribution in [0.15, 0.2) is 72.8 Å². The fourth-order valence-electron chi connectivity index (χ4n) is 6.58. The first-order chi connectivity index (χ1) is 31.1. The number of phenolic OH excluding ortho intramolecular Hbond substituents is 1. The number of benzene rings is 3. The van der Waals surface area contributed by atoms with Gasteiger partial charge in [0.2, 0.25) is 5.79 Å². The molecule has 350 valence electrons. The highest BCUT2D eigenvalue weighted by Crippen LogP contribution is 2.39. The Bertz CT molecular complexity index is 2250. The van der Waals surface area contributed by atoms with Crippen molar-refractivity contribution in [1.82, 2.24) is 0 Å². The van der Waals surface area contributed by atoms with Crippen LogP contribution >= 0.6 is 0 Å². The molecule has 7 N–H and O–H groups in total. The zero-order valence-corrected chi connectivity index (χ0v) is 35.2. The molecule has 0 aliphatic carbocycles. The highest BCUT2D eigenvalue weighted by molar-refractivity contribution is 5.92. The molecule has 21 heteroatoms. The van der Waals surface area contributed by atoms with E-state index in [0.29, 0.717) is 22.6 Å². The van der Waals surface area contributed by atoms with E-state index in [2.05, 4.69) is 0 Å². The van der Waals surface area contributed by atoms with Gasteiger partial charge >= 0.3 is 23.9 Å². The van der Waals surface area contributed by atoms with E-state index in [1.54, 1.807) is 18.2 Å². The van der Waals surface area contributed by atoms with Crippen LogP contribution in [0.1, 0.15) is 23.6 Å². The van der Waals surface area contributed by atoms with E-state index in [4.69, 9.17) is 47.4 Å². The summed E-state index contributed by atoms with van der Waals surface area (Å²) in [7, 11) is 4.28. The molecule has 2 fully saturated rings. The van der Waals surface area contributed by atoms with Gasteiger partial charge in [0, 0.05) is 25.2 Å². The molecular weight excluding hydrogens is 864 g/mol. The van der Waals surface area contributed by atoms with Crippen LogP contribution in [-0.2, 0) is 42.9 Å². The van der Waals surface area contributed by atoms with Gasteiger partial charge in [0.05, 0.1) is 34.5 Å². The van der Waals surface area contributed by atoms with E-state index in [1.807, 2.05) is 0 Å². The number of aromatic hydroxyl groups is 1. The zero-order chi connectivity index (χ0) is 47.4. The third-order valence-electron chi connectivity index (χ3n) is 9.79. The van der Waals surface area contributed by atoms with E-state index in [1.165, 1.54) is 76.0 Å². The highest BCUT2D eigenvalue weighted by atomic mass is 16.8.